The molecule has 0 saturated heterocycles. The lowest BCUT2D eigenvalue weighted by Gasteiger charge is -2.12. The maximum Gasteiger partial charge on any atom is 0.262 e. The highest BCUT2D eigenvalue weighted by Crippen LogP contribution is 2.19. The van der Waals surface area contributed by atoms with Crippen molar-refractivity contribution in [2.45, 2.75) is 110 Å². The molecule has 1 aliphatic rings. The number of hydrogen-bond acceptors (Lipinski definition) is 4. The van der Waals surface area contributed by atoms with Crippen molar-refractivity contribution in [2.24, 2.45) is 4.99 Å². The first-order chi connectivity index (χ1) is 14.4. The van der Waals surface area contributed by atoms with Crippen LogP contribution in [0.3, 0.4) is 0 Å². The maximum absolute atomic E-state index is 9.07. The van der Waals surface area contributed by atoms with Crippen molar-refractivity contribution < 1.29 is 29.3 Å². The first-order valence-electron chi connectivity index (χ1n) is 12.1. The molecule has 1 aliphatic heterocycles. The Morgan fingerprint density at radius 3 is 1.67 bits per heavy atom. The number of aliphatic hydroxyl groups excluding tert-OH is 1. The second-order valence-electron chi connectivity index (χ2n) is 8.35. The number of aliphatic hydroxyl groups is 1. The number of amidine groups is 1. The fourth-order valence-electron chi connectivity index (χ4n) is 3.91. The van der Waals surface area contributed by atoms with Crippen molar-refractivity contribution in [3.63, 3.8) is 0 Å². The van der Waals surface area contributed by atoms with Crippen LogP contribution in [-0.4, -0.2) is 47.0 Å². The highest BCUT2D eigenvalue weighted by molar-refractivity contribution is 7.43. The fraction of sp³-hybridized carbons (Fsp3) is 0.955. The smallest absolute Gasteiger partial charge is 0.262 e. The van der Waals surface area contributed by atoms with Crippen molar-refractivity contribution in [1.29, 1.82) is 0 Å². The van der Waals surface area contributed by atoms with Gasteiger partial charge in [0.1, 0.15) is 13.1 Å². The van der Waals surface area contributed by atoms with E-state index in [0.717, 1.165) is 26.1 Å². The van der Waals surface area contributed by atoms with Gasteiger partial charge in [0.2, 0.25) is 0 Å². The summed E-state index contributed by atoms with van der Waals surface area (Å²) in [7, 11) is -4.89. The minimum Gasteiger partial charge on any atom is -0.756 e. The van der Waals surface area contributed by atoms with Crippen molar-refractivity contribution in [3.8, 4) is 0 Å². The van der Waals surface area contributed by atoms with Crippen LogP contribution in [0.2, 0.25) is 0 Å². The van der Waals surface area contributed by atoms with Gasteiger partial charge in [0, 0.05) is 6.42 Å². The van der Waals surface area contributed by atoms with Crippen LogP contribution in [0.5, 0.6) is 0 Å². The van der Waals surface area contributed by atoms with E-state index in [0.29, 0.717) is 0 Å². The molecule has 0 fully saturated rings. The lowest BCUT2D eigenvalue weighted by molar-refractivity contribution is -0.800. The zero-order chi connectivity index (χ0) is 22.5. The summed E-state index contributed by atoms with van der Waals surface area (Å²) < 4.78 is 8.77. The van der Waals surface area contributed by atoms with Gasteiger partial charge in [0.25, 0.3) is 7.82 Å². The lowest BCUT2D eigenvalue weighted by Crippen LogP contribution is -3.13. The Labute approximate surface area is 184 Å². The number of rotatable bonds is 18. The summed E-state index contributed by atoms with van der Waals surface area (Å²) in [5.41, 5.74) is 0. The molecule has 1 atom stereocenters. The van der Waals surface area contributed by atoms with E-state index in [4.69, 9.17) is 24.4 Å². The third-order valence-corrected chi connectivity index (χ3v) is 5.56. The van der Waals surface area contributed by atoms with E-state index in [1.165, 1.54) is 107 Å². The summed E-state index contributed by atoms with van der Waals surface area (Å²) in [6.45, 7) is 5.47. The molecule has 0 amide bonds. The van der Waals surface area contributed by atoms with E-state index in [1.54, 1.807) is 0 Å². The van der Waals surface area contributed by atoms with Crippen LogP contribution in [0.25, 0.3) is 0 Å². The number of quaternary nitrogens is 1. The van der Waals surface area contributed by atoms with E-state index in [1.807, 2.05) is 0 Å². The average Bonchev–Trinajstić information content (AvgIpc) is 3.11. The number of aliphatic imine (C=N–C) groups is 1. The second kappa shape index (κ2) is 20.6. The highest BCUT2D eigenvalue weighted by atomic mass is 31.2. The van der Waals surface area contributed by atoms with Crippen molar-refractivity contribution in [1.82, 2.24) is 0 Å². The molecule has 4 N–H and O–H groups in total. The molecule has 30 heavy (non-hydrogen) atoms. The van der Waals surface area contributed by atoms with Gasteiger partial charge in [0.15, 0.2) is 5.84 Å². The zero-order valence-electron chi connectivity index (χ0n) is 19.2. The Hall–Kier alpha value is -0.300. The predicted molar refractivity (Wildman–Crippen MR) is 122 cm³/mol. The largest absolute Gasteiger partial charge is 0.756 e. The van der Waals surface area contributed by atoms with Crippen LogP contribution in [0.1, 0.15) is 110 Å². The number of phosphoric acid groups is 1. The van der Waals surface area contributed by atoms with Crippen LogP contribution in [-0.2, 0) is 4.57 Å². The van der Waals surface area contributed by atoms with Gasteiger partial charge in [-0.25, -0.2) is 4.99 Å². The van der Waals surface area contributed by atoms with E-state index in [2.05, 4.69) is 11.9 Å². The number of unbranched alkanes of at least 4 members (excludes halogenated alkanes) is 14. The van der Waals surface area contributed by atoms with Crippen LogP contribution in [0.4, 0.5) is 0 Å². The molecule has 0 aromatic rings. The lowest BCUT2D eigenvalue weighted by atomic mass is 10.0. The summed E-state index contributed by atoms with van der Waals surface area (Å²) >= 11 is 0. The van der Waals surface area contributed by atoms with Crippen molar-refractivity contribution in [3.05, 3.63) is 0 Å². The summed E-state index contributed by atoms with van der Waals surface area (Å²) in [6, 6.07) is 0. The highest BCUT2D eigenvalue weighted by Gasteiger charge is 2.20. The molecule has 0 bridgehead atoms. The molecule has 7 nitrogen and oxygen atoms in total. The van der Waals surface area contributed by atoms with Crippen LogP contribution < -0.4 is 9.79 Å². The van der Waals surface area contributed by atoms with Crippen LogP contribution in [0.15, 0.2) is 4.99 Å². The van der Waals surface area contributed by atoms with Crippen molar-refractivity contribution >= 4 is 13.7 Å². The monoisotopic (exact) mass is 450 g/mol. The second-order valence-corrected chi connectivity index (χ2v) is 9.33. The summed E-state index contributed by atoms with van der Waals surface area (Å²) in [5.74, 6) is 1.32. The molecule has 0 aromatic carbocycles. The Balaban J connectivity index is 0.00000150. The molecule has 8 heteroatoms. The van der Waals surface area contributed by atoms with Gasteiger partial charge in [0.05, 0.1) is 13.2 Å². The standard InChI is InChI=1S/C22H44N2O.H3O4P/c1-2-3-4-5-6-7-8-9-10-11-12-13-14-15-16-17-22-23-18-19-24(22)20-21-25;1-5(2,3)4/h25H,2-21H2,1H3;(H3,1,2,3,4). The van der Waals surface area contributed by atoms with Gasteiger partial charge in [-0.2, -0.15) is 0 Å². The summed E-state index contributed by atoms with van der Waals surface area (Å²) in [5, 5.41) is 9.07. The molecule has 0 saturated carbocycles. The molecule has 0 radical (unpaired) electrons. The number of hydrogen-bond donors (Lipinski definition) is 4. The van der Waals surface area contributed by atoms with E-state index in [-0.39, 0.29) is 6.61 Å². The van der Waals surface area contributed by atoms with Gasteiger partial charge in [-0.15, -0.1) is 0 Å². The topological polar surface area (TPSA) is 118 Å². The zero-order valence-corrected chi connectivity index (χ0v) is 20.1. The van der Waals surface area contributed by atoms with Gasteiger partial charge >= 0.3 is 0 Å². The Bertz CT molecular complexity index is 449. The molecular weight excluding hydrogens is 403 g/mol. The molecule has 1 rings (SSSR count). The van der Waals surface area contributed by atoms with E-state index < -0.39 is 7.82 Å². The molecule has 1 unspecified atom stereocenters. The average molecular weight is 451 g/mol. The quantitative estimate of drug-likeness (QED) is 0.189. The maximum atomic E-state index is 9.07. The Kier molecular flexibility index (Phi) is 20.4. The minimum atomic E-state index is -4.89. The minimum absolute atomic E-state index is 0.285. The Morgan fingerprint density at radius 1 is 0.867 bits per heavy atom. The van der Waals surface area contributed by atoms with Crippen molar-refractivity contribution in [2.75, 3.05) is 26.2 Å². The van der Waals surface area contributed by atoms with E-state index >= 15 is 0 Å². The van der Waals surface area contributed by atoms with Crippen LogP contribution in [0, 0.1) is 0 Å². The first kappa shape index (κ1) is 29.7. The molecule has 0 spiro atoms. The number of nitrogens with one attached hydrogen (secondary N) is 1. The van der Waals surface area contributed by atoms with Crippen LogP contribution >= 0.6 is 7.82 Å². The third-order valence-electron chi connectivity index (χ3n) is 5.56. The Morgan fingerprint density at radius 2 is 1.27 bits per heavy atom. The van der Waals surface area contributed by atoms with Gasteiger partial charge in [-0.1, -0.05) is 96.8 Å². The summed E-state index contributed by atoms with van der Waals surface area (Å²) in [6.07, 6.45) is 22.4. The fourth-order valence-corrected chi connectivity index (χ4v) is 3.91. The molecular formula is C22H47N2O5P. The first-order valence-corrected chi connectivity index (χ1v) is 13.7. The normalized spacial score (nSPS) is 16.3. The molecule has 180 valence electrons. The molecule has 0 aliphatic carbocycles. The van der Waals surface area contributed by atoms with E-state index in [9.17, 15) is 0 Å². The molecule has 0 aromatic heterocycles. The SMILES string of the molecule is CCCCCCCCCCCCCCCCCC1=NCC[NH+]1CCO.O=P([O-])(O)O. The third kappa shape index (κ3) is 22.4. The molecule has 1 heterocycles. The van der Waals surface area contributed by atoms with Gasteiger partial charge in [-0.05, 0) is 6.42 Å². The predicted octanol–water partition coefficient (Wildman–Crippen LogP) is 2.98. The number of nitrogens with zero attached hydrogens (tertiary/aromatic N) is 1. The summed E-state index contributed by atoms with van der Waals surface area (Å²) in [4.78, 5) is 29.0. The van der Waals surface area contributed by atoms with Gasteiger partial charge < -0.3 is 19.8 Å². The van der Waals surface area contributed by atoms with Gasteiger partial charge in [-0.3, -0.25) is 9.46 Å².